The Morgan fingerprint density at radius 2 is 1.90 bits per heavy atom. The summed E-state index contributed by atoms with van der Waals surface area (Å²) in [4.78, 5) is 10.3. The molecule has 1 aliphatic rings. The van der Waals surface area contributed by atoms with Gasteiger partial charge in [-0.15, -0.1) is 0 Å². The topological polar surface area (TPSA) is 101 Å². The molecule has 9 heteroatoms. The predicted octanol–water partition coefficient (Wildman–Crippen LogP) is 4.20. The first-order chi connectivity index (χ1) is 14.3. The third-order valence-corrected chi connectivity index (χ3v) is 8.79. The van der Waals surface area contributed by atoms with E-state index in [0.29, 0.717) is 32.2 Å². The number of unbranched alkanes of at least 4 members (excludes halogenated alkanes) is 1. The van der Waals surface area contributed by atoms with E-state index in [9.17, 15) is 18.5 Å². The Hall–Kier alpha value is -1.81. The van der Waals surface area contributed by atoms with Crippen molar-refractivity contribution in [1.29, 1.82) is 0 Å². The van der Waals surface area contributed by atoms with Crippen molar-refractivity contribution >= 4 is 31.6 Å². The third-order valence-electron chi connectivity index (χ3n) is 5.64. The quantitative estimate of drug-likeness (QED) is 0.242. The van der Waals surface area contributed by atoms with Crippen LogP contribution in [-0.2, 0) is 15.6 Å². The highest BCUT2D eigenvalue weighted by Gasteiger charge is 2.52. The lowest BCUT2D eigenvalue weighted by Gasteiger charge is -2.42. The number of hydrogen-bond acceptors (Lipinski definition) is 5. The normalized spacial score (nSPS) is 20.9. The van der Waals surface area contributed by atoms with Gasteiger partial charge in [-0.05, 0) is 43.7 Å². The summed E-state index contributed by atoms with van der Waals surface area (Å²) >= 11 is 3.78. The Morgan fingerprint density at radius 3 is 2.57 bits per heavy atom. The van der Waals surface area contributed by atoms with Crippen LogP contribution >= 0.6 is 15.9 Å². The number of halogens is 1. The molecule has 0 amide bonds. The van der Waals surface area contributed by atoms with Crippen molar-refractivity contribution in [2.75, 3.05) is 13.2 Å². The lowest BCUT2D eigenvalue weighted by Crippen LogP contribution is -2.50. The summed E-state index contributed by atoms with van der Waals surface area (Å²) in [6.07, 6.45) is 3.41. The molecule has 2 aromatic rings. The van der Waals surface area contributed by atoms with Crippen LogP contribution in [0, 0.1) is 10.1 Å². The van der Waals surface area contributed by atoms with Crippen LogP contribution in [0.3, 0.4) is 0 Å². The minimum Gasteiger partial charge on any atom is -0.396 e. The highest BCUT2D eigenvalue weighted by molar-refractivity contribution is 9.09. The summed E-state index contributed by atoms with van der Waals surface area (Å²) in [5, 5.41) is 20.3. The predicted molar refractivity (Wildman–Crippen MR) is 118 cm³/mol. The third kappa shape index (κ3) is 4.30. The average molecular weight is 497 g/mol. The molecule has 1 saturated heterocycles. The standard InChI is InChI=1S/C21H25BrN2O5S/c22-20(12-4-5-15-25)21(17-8-2-1-3-9-17)13-7-14-23(21)30(28,29)19-11-6-10-18(16-19)24(26)27/h1-3,6,8-11,16,20,25H,4-5,7,12-15H2/t20-,21-/m0/s1. The Labute approximate surface area is 185 Å². The first-order valence-corrected chi connectivity index (χ1v) is 12.3. The highest BCUT2D eigenvalue weighted by Crippen LogP contribution is 2.49. The van der Waals surface area contributed by atoms with E-state index >= 15 is 0 Å². The van der Waals surface area contributed by atoms with Crippen LogP contribution in [0.15, 0.2) is 59.5 Å². The Balaban J connectivity index is 2.09. The average Bonchev–Trinajstić information content (AvgIpc) is 3.22. The lowest BCUT2D eigenvalue weighted by molar-refractivity contribution is -0.385. The van der Waals surface area contributed by atoms with Crippen molar-refractivity contribution in [2.24, 2.45) is 0 Å². The maximum atomic E-state index is 13.7. The van der Waals surface area contributed by atoms with E-state index < -0.39 is 20.5 Å². The molecule has 1 fully saturated rings. The van der Waals surface area contributed by atoms with Crippen molar-refractivity contribution in [3.63, 3.8) is 0 Å². The number of nitrogens with zero attached hydrogens (tertiary/aromatic N) is 2. The molecule has 0 spiro atoms. The fourth-order valence-corrected chi connectivity index (χ4v) is 7.32. The molecule has 3 rings (SSSR count). The van der Waals surface area contributed by atoms with Crippen LogP contribution < -0.4 is 0 Å². The molecule has 0 bridgehead atoms. The monoisotopic (exact) mass is 496 g/mol. The van der Waals surface area contributed by atoms with Gasteiger partial charge in [0.1, 0.15) is 0 Å². The van der Waals surface area contributed by atoms with Crippen LogP contribution in [0.25, 0.3) is 0 Å². The van der Waals surface area contributed by atoms with E-state index in [0.717, 1.165) is 18.1 Å². The van der Waals surface area contributed by atoms with Gasteiger partial charge in [0.2, 0.25) is 10.0 Å². The van der Waals surface area contributed by atoms with Gasteiger partial charge < -0.3 is 5.11 Å². The number of non-ortho nitro benzene ring substituents is 1. The van der Waals surface area contributed by atoms with Crippen LogP contribution in [0.2, 0.25) is 0 Å². The number of nitro groups is 1. The summed E-state index contributed by atoms with van der Waals surface area (Å²) in [5.41, 5.74) is -0.165. The largest absolute Gasteiger partial charge is 0.396 e. The molecule has 0 aliphatic carbocycles. The molecule has 162 valence electrons. The first kappa shape index (κ1) is 22.9. The molecule has 2 atom stereocenters. The summed E-state index contributed by atoms with van der Waals surface area (Å²) in [5.74, 6) is 0. The molecule has 0 radical (unpaired) electrons. The van der Waals surface area contributed by atoms with E-state index in [1.54, 1.807) is 0 Å². The summed E-state index contributed by atoms with van der Waals surface area (Å²) < 4.78 is 28.9. The molecule has 2 aromatic carbocycles. The smallest absolute Gasteiger partial charge is 0.270 e. The molecular weight excluding hydrogens is 472 g/mol. The summed E-state index contributed by atoms with van der Waals surface area (Å²) in [7, 11) is -3.98. The zero-order valence-electron chi connectivity index (χ0n) is 16.5. The van der Waals surface area contributed by atoms with Gasteiger partial charge in [-0.3, -0.25) is 10.1 Å². The van der Waals surface area contributed by atoms with E-state index in [-0.39, 0.29) is 22.0 Å². The molecule has 1 N–H and O–H groups in total. The Kier molecular flexibility index (Phi) is 7.28. The fraction of sp³-hybridized carbons (Fsp3) is 0.429. The van der Waals surface area contributed by atoms with Gasteiger partial charge in [0.05, 0.1) is 15.4 Å². The second kappa shape index (κ2) is 9.55. The van der Waals surface area contributed by atoms with Crippen LogP contribution in [0.1, 0.15) is 37.7 Å². The maximum Gasteiger partial charge on any atom is 0.270 e. The number of alkyl halides is 1. The molecule has 1 heterocycles. The van der Waals surface area contributed by atoms with Gasteiger partial charge in [-0.25, -0.2) is 8.42 Å². The van der Waals surface area contributed by atoms with Crippen LogP contribution in [0.5, 0.6) is 0 Å². The molecule has 7 nitrogen and oxygen atoms in total. The molecule has 30 heavy (non-hydrogen) atoms. The van der Waals surface area contributed by atoms with Crippen LogP contribution in [0.4, 0.5) is 5.69 Å². The van der Waals surface area contributed by atoms with Crippen LogP contribution in [-0.4, -0.2) is 40.7 Å². The minimum atomic E-state index is -3.98. The molecule has 0 saturated carbocycles. The van der Waals surface area contributed by atoms with Crippen molar-refractivity contribution in [3.05, 3.63) is 70.3 Å². The fourth-order valence-electron chi connectivity index (χ4n) is 4.22. The molecule has 0 aromatic heterocycles. The van der Waals surface area contributed by atoms with Gasteiger partial charge in [-0.1, -0.05) is 52.3 Å². The second-order valence-electron chi connectivity index (χ2n) is 7.41. The van der Waals surface area contributed by atoms with Gasteiger partial charge in [0.25, 0.3) is 5.69 Å². The lowest BCUT2D eigenvalue weighted by atomic mass is 9.83. The zero-order chi connectivity index (χ0) is 21.8. The number of aliphatic hydroxyl groups is 1. The highest BCUT2D eigenvalue weighted by atomic mass is 79.9. The second-order valence-corrected chi connectivity index (χ2v) is 10.4. The number of benzene rings is 2. The number of sulfonamides is 1. The number of hydrogen-bond donors (Lipinski definition) is 1. The van der Waals surface area contributed by atoms with Crippen molar-refractivity contribution in [3.8, 4) is 0 Å². The van der Waals surface area contributed by atoms with Crippen molar-refractivity contribution in [2.45, 2.75) is 47.4 Å². The van der Waals surface area contributed by atoms with Gasteiger partial charge in [-0.2, -0.15) is 4.31 Å². The summed E-state index contributed by atoms with van der Waals surface area (Å²) in [6.45, 7) is 0.426. The minimum absolute atomic E-state index is 0.0750. The SMILES string of the molecule is O=[N+]([O-])c1cccc(S(=O)(=O)N2CCC[C@]2(c2ccccc2)[C@@H](Br)CCCCO)c1. The first-order valence-electron chi connectivity index (χ1n) is 9.92. The molecular formula is C21H25BrN2O5S. The van der Waals surface area contributed by atoms with E-state index in [2.05, 4.69) is 15.9 Å². The summed E-state index contributed by atoms with van der Waals surface area (Å²) in [6, 6.07) is 14.8. The Morgan fingerprint density at radius 1 is 1.17 bits per heavy atom. The van der Waals surface area contributed by atoms with E-state index in [1.165, 1.54) is 22.5 Å². The number of rotatable bonds is 9. The van der Waals surface area contributed by atoms with Crippen molar-refractivity contribution < 1.29 is 18.4 Å². The van der Waals surface area contributed by atoms with Gasteiger partial charge >= 0.3 is 0 Å². The van der Waals surface area contributed by atoms with Gasteiger partial charge in [0, 0.05) is 30.1 Å². The zero-order valence-corrected chi connectivity index (χ0v) is 18.9. The number of nitro benzene ring substituents is 1. The van der Waals surface area contributed by atoms with E-state index in [1.807, 2.05) is 30.3 Å². The number of aliphatic hydroxyl groups excluding tert-OH is 1. The van der Waals surface area contributed by atoms with Gasteiger partial charge in [0.15, 0.2) is 0 Å². The Bertz CT molecular complexity index is 986. The molecule has 0 unspecified atom stereocenters. The van der Waals surface area contributed by atoms with Crippen molar-refractivity contribution in [1.82, 2.24) is 4.31 Å². The van der Waals surface area contributed by atoms with E-state index in [4.69, 9.17) is 5.11 Å². The molecule has 1 aliphatic heterocycles. The maximum absolute atomic E-state index is 13.7.